The third kappa shape index (κ3) is 2.84. The predicted octanol–water partition coefficient (Wildman–Crippen LogP) is 4.33. The minimum Gasteiger partial charge on any atom is -0.335 e. The number of fused-ring (bicyclic) bond motifs is 2. The molecule has 148 valence electrons. The van der Waals surface area contributed by atoms with E-state index >= 15 is 0 Å². The zero-order chi connectivity index (χ0) is 20.8. The summed E-state index contributed by atoms with van der Waals surface area (Å²) in [5, 5.41) is 7.54. The summed E-state index contributed by atoms with van der Waals surface area (Å²) in [5.41, 5.74) is 8.68. The zero-order valence-corrected chi connectivity index (χ0v) is 16.5. The van der Waals surface area contributed by atoms with Crippen LogP contribution in [-0.2, 0) is 0 Å². The molecule has 6 heterocycles. The second-order valence-corrected chi connectivity index (χ2v) is 7.23. The van der Waals surface area contributed by atoms with Crippen molar-refractivity contribution in [3.05, 3.63) is 72.9 Å². The lowest BCUT2D eigenvalue weighted by Crippen LogP contribution is -1.90. The smallest absolute Gasteiger partial charge is 0.178 e. The Kier molecular flexibility index (Phi) is 3.82. The average molecular weight is 404 g/mol. The van der Waals surface area contributed by atoms with Gasteiger partial charge in [0.1, 0.15) is 5.52 Å². The number of hydrogen-bond acceptors (Lipinski definition) is 6. The topological polar surface area (TPSA) is 109 Å². The Morgan fingerprint density at radius 1 is 0.806 bits per heavy atom. The predicted molar refractivity (Wildman–Crippen MR) is 118 cm³/mol. The van der Waals surface area contributed by atoms with E-state index in [0.29, 0.717) is 17.2 Å². The molecular weight excluding hydrogens is 388 g/mol. The van der Waals surface area contributed by atoms with Gasteiger partial charge in [0, 0.05) is 42.1 Å². The molecule has 0 saturated heterocycles. The number of rotatable bonds is 3. The van der Waals surface area contributed by atoms with Crippen LogP contribution < -0.4 is 0 Å². The molecule has 6 aromatic heterocycles. The molecule has 0 bridgehead atoms. The largest absolute Gasteiger partial charge is 0.335 e. The van der Waals surface area contributed by atoms with E-state index in [4.69, 9.17) is 9.97 Å². The van der Waals surface area contributed by atoms with E-state index in [1.807, 2.05) is 49.5 Å². The first-order valence-corrected chi connectivity index (χ1v) is 9.79. The van der Waals surface area contributed by atoms with Crippen LogP contribution in [0.2, 0.25) is 0 Å². The van der Waals surface area contributed by atoms with Crippen LogP contribution in [0.3, 0.4) is 0 Å². The van der Waals surface area contributed by atoms with Gasteiger partial charge in [-0.25, -0.2) is 15.0 Å². The fraction of sp³-hybridized carbons (Fsp3) is 0.0435. The molecule has 0 aliphatic heterocycles. The Morgan fingerprint density at radius 3 is 2.55 bits per heavy atom. The number of H-pyrrole nitrogens is 2. The molecule has 0 aliphatic carbocycles. The number of nitrogens with zero attached hydrogens (tertiary/aromatic N) is 6. The molecule has 0 radical (unpaired) electrons. The number of imidazole rings is 1. The minimum atomic E-state index is 0.614. The Hall–Kier alpha value is -4.46. The van der Waals surface area contributed by atoms with Gasteiger partial charge in [-0.1, -0.05) is 0 Å². The van der Waals surface area contributed by atoms with Gasteiger partial charge in [0.25, 0.3) is 0 Å². The first-order chi connectivity index (χ1) is 15.3. The maximum atomic E-state index is 4.87. The minimum absolute atomic E-state index is 0.614. The van der Waals surface area contributed by atoms with E-state index in [1.165, 1.54) is 0 Å². The summed E-state index contributed by atoms with van der Waals surface area (Å²) in [5.74, 6) is 0.614. The summed E-state index contributed by atoms with van der Waals surface area (Å²) in [4.78, 5) is 25.7. The Balaban J connectivity index is 1.52. The van der Waals surface area contributed by atoms with E-state index < -0.39 is 0 Å². The highest BCUT2D eigenvalue weighted by molar-refractivity contribution is 5.94. The van der Waals surface area contributed by atoms with Gasteiger partial charge in [-0.3, -0.25) is 15.1 Å². The van der Waals surface area contributed by atoms with Gasteiger partial charge in [-0.2, -0.15) is 5.10 Å². The van der Waals surface area contributed by atoms with E-state index in [-0.39, 0.29) is 0 Å². The average Bonchev–Trinajstić information content (AvgIpc) is 3.43. The Morgan fingerprint density at radius 2 is 1.68 bits per heavy atom. The normalized spacial score (nSPS) is 11.4. The standard InChI is InChI=1S/C23H16N8/c1-13-4-8-25-12-16(13)17-2-3-18-20(27-17)21(31-30-18)23-28-19-15(7-11-26-22(19)29-23)14-5-9-24-10-6-14/h2-12H,1H3,(H,30,31)(H,26,28,29). The van der Waals surface area contributed by atoms with Crippen LogP contribution in [0.15, 0.2) is 67.4 Å². The van der Waals surface area contributed by atoms with Crippen molar-refractivity contribution in [3.63, 3.8) is 0 Å². The fourth-order valence-corrected chi connectivity index (χ4v) is 3.74. The maximum absolute atomic E-state index is 4.87. The van der Waals surface area contributed by atoms with Crippen LogP contribution >= 0.6 is 0 Å². The highest BCUT2D eigenvalue weighted by Gasteiger charge is 2.17. The number of aryl methyl sites for hydroxylation is 1. The van der Waals surface area contributed by atoms with Crippen LogP contribution in [0, 0.1) is 6.92 Å². The van der Waals surface area contributed by atoms with Crippen LogP contribution in [-0.4, -0.2) is 40.1 Å². The molecular formula is C23H16N8. The summed E-state index contributed by atoms with van der Waals surface area (Å²) in [6.07, 6.45) is 8.91. The van der Waals surface area contributed by atoms with Crippen molar-refractivity contribution in [1.29, 1.82) is 0 Å². The first kappa shape index (κ1) is 17.4. The van der Waals surface area contributed by atoms with Crippen molar-refractivity contribution in [2.24, 2.45) is 0 Å². The molecule has 8 heteroatoms. The van der Waals surface area contributed by atoms with Gasteiger partial charge in [-0.15, -0.1) is 0 Å². The first-order valence-electron chi connectivity index (χ1n) is 9.79. The molecule has 6 aromatic rings. The molecule has 0 atom stereocenters. The van der Waals surface area contributed by atoms with Gasteiger partial charge in [0.05, 0.1) is 16.7 Å². The van der Waals surface area contributed by atoms with Gasteiger partial charge in [-0.05, 0) is 54.4 Å². The van der Waals surface area contributed by atoms with E-state index in [1.54, 1.807) is 24.8 Å². The van der Waals surface area contributed by atoms with E-state index in [9.17, 15) is 0 Å². The lowest BCUT2D eigenvalue weighted by Gasteiger charge is -2.04. The second-order valence-electron chi connectivity index (χ2n) is 7.23. The number of aromatic nitrogens is 8. The second kappa shape index (κ2) is 6.81. The number of nitrogens with one attached hydrogen (secondary N) is 2. The molecule has 2 N–H and O–H groups in total. The van der Waals surface area contributed by atoms with Gasteiger partial charge in [0.2, 0.25) is 0 Å². The maximum Gasteiger partial charge on any atom is 0.178 e. The summed E-state index contributed by atoms with van der Waals surface area (Å²) >= 11 is 0. The molecule has 0 amide bonds. The molecule has 0 fully saturated rings. The fourth-order valence-electron chi connectivity index (χ4n) is 3.74. The molecule has 0 unspecified atom stereocenters. The molecule has 0 aliphatic rings. The SMILES string of the molecule is Cc1ccncc1-c1ccc2[nH]nc(-c3nc4nccc(-c5ccncc5)c4[nH]3)c2n1. The van der Waals surface area contributed by atoms with Crippen molar-refractivity contribution >= 4 is 22.2 Å². The highest BCUT2D eigenvalue weighted by atomic mass is 15.2. The molecule has 0 spiro atoms. The summed E-state index contributed by atoms with van der Waals surface area (Å²) < 4.78 is 0. The van der Waals surface area contributed by atoms with E-state index in [0.717, 1.165) is 44.5 Å². The van der Waals surface area contributed by atoms with Gasteiger partial charge >= 0.3 is 0 Å². The summed E-state index contributed by atoms with van der Waals surface area (Å²) in [6.45, 7) is 2.05. The molecule has 0 aromatic carbocycles. The Bertz CT molecular complexity index is 1550. The summed E-state index contributed by atoms with van der Waals surface area (Å²) in [7, 11) is 0. The molecule has 0 saturated carbocycles. The van der Waals surface area contributed by atoms with E-state index in [2.05, 4.69) is 30.1 Å². The number of hydrogen-bond donors (Lipinski definition) is 2. The van der Waals surface area contributed by atoms with Crippen LogP contribution in [0.4, 0.5) is 0 Å². The van der Waals surface area contributed by atoms with Crippen LogP contribution in [0.5, 0.6) is 0 Å². The third-order valence-corrected chi connectivity index (χ3v) is 5.33. The number of aromatic amines is 2. The molecule has 31 heavy (non-hydrogen) atoms. The molecule has 6 rings (SSSR count). The molecule has 8 nitrogen and oxygen atoms in total. The van der Waals surface area contributed by atoms with Gasteiger partial charge in [0.15, 0.2) is 17.2 Å². The monoisotopic (exact) mass is 404 g/mol. The van der Waals surface area contributed by atoms with Crippen molar-refractivity contribution in [2.45, 2.75) is 6.92 Å². The lowest BCUT2D eigenvalue weighted by molar-refractivity contribution is 1.10. The van der Waals surface area contributed by atoms with Crippen molar-refractivity contribution in [2.75, 3.05) is 0 Å². The third-order valence-electron chi connectivity index (χ3n) is 5.33. The summed E-state index contributed by atoms with van der Waals surface area (Å²) in [6, 6.07) is 11.8. The Labute approximate surface area is 176 Å². The van der Waals surface area contributed by atoms with Crippen molar-refractivity contribution in [1.82, 2.24) is 40.1 Å². The lowest BCUT2D eigenvalue weighted by atomic mass is 10.1. The van der Waals surface area contributed by atoms with Gasteiger partial charge < -0.3 is 4.98 Å². The zero-order valence-electron chi connectivity index (χ0n) is 16.5. The van der Waals surface area contributed by atoms with Crippen molar-refractivity contribution < 1.29 is 0 Å². The quantitative estimate of drug-likeness (QED) is 0.454. The van der Waals surface area contributed by atoms with Crippen molar-refractivity contribution in [3.8, 4) is 33.9 Å². The number of pyridine rings is 4. The van der Waals surface area contributed by atoms with Crippen LogP contribution in [0.1, 0.15) is 5.56 Å². The highest BCUT2D eigenvalue weighted by Crippen LogP contribution is 2.31. The van der Waals surface area contributed by atoms with Crippen LogP contribution in [0.25, 0.3) is 56.1 Å².